The average Bonchev–Trinajstić information content (AvgIpc) is 2.28. The number of rotatable bonds is 7. The van der Waals surface area contributed by atoms with Crippen LogP contribution in [0.3, 0.4) is 0 Å². The molecule has 0 aliphatic heterocycles. The van der Waals surface area contributed by atoms with Gasteiger partial charge in [0.05, 0.1) is 5.02 Å². The van der Waals surface area contributed by atoms with Crippen LogP contribution in [-0.4, -0.2) is 25.1 Å². The second-order valence-electron chi connectivity index (χ2n) is 4.84. The van der Waals surface area contributed by atoms with Crippen LogP contribution >= 0.6 is 11.6 Å². The summed E-state index contributed by atoms with van der Waals surface area (Å²) in [4.78, 5) is 6.37. The van der Waals surface area contributed by atoms with Gasteiger partial charge in [0.1, 0.15) is 5.82 Å². The summed E-state index contributed by atoms with van der Waals surface area (Å²) in [5, 5.41) is 4.06. The Morgan fingerprint density at radius 1 is 1.56 bits per heavy atom. The Bertz CT molecular complexity index is 391. The summed E-state index contributed by atoms with van der Waals surface area (Å²) in [6.45, 7) is 10.6. The summed E-state index contributed by atoms with van der Waals surface area (Å²) in [5.41, 5.74) is 1.11. The maximum absolute atomic E-state index is 6.24. The summed E-state index contributed by atoms with van der Waals surface area (Å²) in [5.74, 6) is 1.44. The first-order valence-electron chi connectivity index (χ1n) is 6.21. The van der Waals surface area contributed by atoms with Crippen molar-refractivity contribution in [3.05, 3.63) is 35.5 Å². The number of nitrogens with one attached hydrogen (secondary N) is 1. The van der Waals surface area contributed by atoms with Crippen molar-refractivity contribution in [2.24, 2.45) is 5.92 Å². The summed E-state index contributed by atoms with van der Waals surface area (Å²) in [7, 11) is 1.95. The number of pyridine rings is 1. The predicted octanol–water partition coefficient (Wildman–Crippen LogP) is 3.10. The fraction of sp³-hybridized carbons (Fsp3) is 0.500. The van der Waals surface area contributed by atoms with Crippen molar-refractivity contribution < 1.29 is 0 Å². The van der Waals surface area contributed by atoms with E-state index in [0.29, 0.717) is 10.9 Å². The third kappa shape index (κ3) is 4.67. The monoisotopic (exact) mass is 267 g/mol. The van der Waals surface area contributed by atoms with Gasteiger partial charge in [-0.3, -0.25) is 0 Å². The minimum absolute atomic E-state index is 0.645. The average molecular weight is 268 g/mol. The molecule has 0 aliphatic carbocycles. The van der Waals surface area contributed by atoms with E-state index in [4.69, 9.17) is 11.6 Å². The van der Waals surface area contributed by atoms with Crippen molar-refractivity contribution in [1.82, 2.24) is 10.3 Å². The molecule has 1 aromatic heterocycles. The van der Waals surface area contributed by atoms with Crippen LogP contribution in [-0.2, 0) is 6.54 Å². The molecule has 1 aromatic rings. The first-order chi connectivity index (χ1) is 8.54. The van der Waals surface area contributed by atoms with Gasteiger partial charge in [-0.25, -0.2) is 4.98 Å². The Hall–Kier alpha value is -1.06. The van der Waals surface area contributed by atoms with Crippen LogP contribution in [0, 0.1) is 5.92 Å². The number of aromatic nitrogens is 1. The Labute approximate surface area is 115 Å². The minimum Gasteiger partial charge on any atom is -0.355 e. The Kier molecular flexibility index (Phi) is 6.16. The molecule has 3 nitrogen and oxygen atoms in total. The van der Waals surface area contributed by atoms with E-state index < -0.39 is 0 Å². The van der Waals surface area contributed by atoms with Crippen molar-refractivity contribution in [3.63, 3.8) is 0 Å². The molecule has 0 unspecified atom stereocenters. The van der Waals surface area contributed by atoms with Crippen LogP contribution in [0.25, 0.3) is 0 Å². The molecule has 0 fully saturated rings. The largest absolute Gasteiger partial charge is 0.355 e. The van der Waals surface area contributed by atoms with Gasteiger partial charge in [0.15, 0.2) is 0 Å². The normalized spacial score (nSPS) is 10.7. The van der Waals surface area contributed by atoms with Crippen molar-refractivity contribution in [2.45, 2.75) is 20.4 Å². The van der Waals surface area contributed by atoms with Gasteiger partial charge in [-0.2, -0.15) is 0 Å². The molecular weight excluding hydrogens is 246 g/mol. The van der Waals surface area contributed by atoms with Gasteiger partial charge in [-0.15, -0.1) is 6.58 Å². The third-order valence-electron chi connectivity index (χ3n) is 2.52. The summed E-state index contributed by atoms with van der Waals surface area (Å²) >= 11 is 6.24. The van der Waals surface area contributed by atoms with E-state index in [1.54, 1.807) is 0 Å². The van der Waals surface area contributed by atoms with Crippen LogP contribution < -0.4 is 10.2 Å². The molecule has 4 heteroatoms. The number of likely N-dealkylation sites (N-methyl/N-ethyl adjacent to an activating group) is 1. The van der Waals surface area contributed by atoms with Crippen LogP contribution in [0.2, 0.25) is 5.02 Å². The van der Waals surface area contributed by atoms with Gasteiger partial charge in [-0.05, 0) is 24.1 Å². The van der Waals surface area contributed by atoms with Crippen molar-refractivity contribution in [2.75, 3.05) is 25.0 Å². The molecule has 1 heterocycles. The number of anilines is 1. The fourth-order valence-electron chi connectivity index (χ4n) is 1.63. The first kappa shape index (κ1) is 15.0. The molecule has 18 heavy (non-hydrogen) atoms. The van der Waals surface area contributed by atoms with E-state index in [0.717, 1.165) is 31.0 Å². The van der Waals surface area contributed by atoms with E-state index in [9.17, 15) is 0 Å². The van der Waals surface area contributed by atoms with E-state index in [-0.39, 0.29) is 0 Å². The van der Waals surface area contributed by atoms with Gasteiger partial charge in [0.25, 0.3) is 0 Å². The highest BCUT2D eigenvalue weighted by Gasteiger charge is 2.07. The lowest BCUT2D eigenvalue weighted by molar-refractivity contribution is 0.552. The zero-order valence-corrected chi connectivity index (χ0v) is 12.2. The molecule has 0 saturated carbocycles. The lowest BCUT2D eigenvalue weighted by atomic mass is 10.2. The Morgan fingerprint density at radius 2 is 2.28 bits per heavy atom. The molecule has 0 amide bonds. The topological polar surface area (TPSA) is 28.2 Å². The first-order valence-corrected chi connectivity index (χ1v) is 6.59. The van der Waals surface area contributed by atoms with Crippen molar-refractivity contribution in [1.29, 1.82) is 0 Å². The van der Waals surface area contributed by atoms with Gasteiger partial charge in [0, 0.05) is 26.3 Å². The van der Waals surface area contributed by atoms with Crippen LogP contribution in [0.5, 0.6) is 0 Å². The second-order valence-corrected chi connectivity index (χ2v) is 5.25. The number of hydrogen-bond donors (Lipinski definition) is 1. The van der Waals surface area contributed by atoms with Gasteiger partial charge >= 0.3 is 0 Å². The lowest BCUT2D eigenvalue weighted by Gasteiger charge is -2.17. The van der Waals surface area contributed by atoms with E-state index in [2.05, 4.69) is 30.7 Å². The second kappa shape index (κ2) is 7.39. The fourth-order valence-corrected chi connectivity index (χ4v) is 1.97. The molecule has 0 saturated heterocycles. The molecule has 100 valence electrons. The molecule has 0 aliphatic rings. The van der Waals surface area contributed by atoms with Gasteiger partial charge in [-0.1, -0.05) is 31.5 Å². The summed E-state index contributed by atoms with van der Waals surface area (Å²) in [6.07, 6.45) is 3.70. The highest BCUT2D eigenvalue weighted by Crippen LogP contribution is 2.22. The van der Waals surface area contributed by atoms with E-state index in [1.807, 2.05) is 30.3 Å². The van der Waals surface area contributed by atoms with Crippen molar-refractivity contribution >= 4 is 17.4 Å². The quantitative estimate of drug-likeness (QED) is 0.770. The third-order valence-corrected chi connectivity index (χ3v) is 2.80. The van der Waals surface area contributed by atoms with Crippen molar-refractivity contribution in [3.8, 4) is 0 Å². The highest BCUT2D eigenvalue weighted by molar-refractivity contribution is 6.33. The molecule has 1 N–H and O–H groups in total. The molecule has 1 rings (SSSR count). The summed E-state index contributed by atoms with van der Waals surface area (Å²) < 4.78 is 0. The van der Waals surface area contributed by atoms with Crippen LogP contribution in [0.1, 0.15) is 19.4 Å². The molecule has 0 atom stereocenters. The van der Waals surface area contributed by atoms with Gasteiger partial charge < -0.3 is 10.2 Å². The number of nitrogens with zero attached hydrogens (tertiary/aromatic N) is 2. The number of hydrogen-bond acceptors (Lipinski definition) is 3. The van der Waals surface area contributed by atoms with Gasteiger partial charge in [0.2, 0.25) is 0 Å². The number of halogens is 1. The van der Waals surface area contributed by atoms with Crippen LogP contribution in [0.4, 0.5) is 5.82 Å². The molecule has 0 aromatic carbocycles. The zero-order chi connectivity index (χ0) is 13.5. The molecule has 0 spiro atoms. The zero-order valence-electron chi connectivity index (χ0n) is 11.4. The maximum Gasteiger partial charge on any atom is 0.147 e. The molecule has 0 radical (unpaired) electrons. The van der Waals surface area contributed by atoms with Crippen LogP contribution in [0.15, 0.2) is 24.9 Å². The highest BCUT2D eigenvalue weighted by atomic mass is 35.5. The lowest BCUT2D eigenvalue weighted by Crippen LogP contribution is -2.20. The van der Waals surface area contributed by atoms with E-state index >= 15 is 0 Å². The smallest absolute Gasteiger partial charge is 0.147 e. The Balaban J connectivity index is 2.64. The minimum atomic E-state index is 0.645. The maximum atomic E-state index is 6.24. The molecular formula is C14H22ClN3. The SMILES string of the molecule is C=CCN(C)c1ncc(CNCC(C)C)cc1Cl. The predicted molar refractivity (Wildman–Crippen MR) is 79.3 cm³/mol. The summed E-state index contributed by atoms with van der Waals surface area (Å²) in [6, 6.07) is 1.97. The Morgan fingerprint density at radius 3 is 2.83 bits per heavy atom. The molecule has 0 bridgehead atoms. The standard InChI is InChI=1S/C14H22ClN3/c1-5-6-18(4)14-13(15)7-12(10-17-14)9-16-8-11(2)3/h5,7,10-11,16H,1,6,8-9H2,2-4H3. The van der Waals surface area contributed by atoms with E-state index in [1.165, 1.54) is 0 Å².